The zero-order valence-corrected chi connectivity index (χ0v) is 12.3. The van der Waals surface area contributed by atoms with Gasteiger partial charge in [-0.05, 0) is 12.0 Å². The monoisotopic (exact) mass is 314 g/mol. The highest BCUT2D eigenvalue weighted by Crippen LogP contribution is 2.30. The van der Waals surface area contributed by atoms with Crippen LogP contribution in [0.3, 0.4) is 0 Å². The number of sulfonamides is 1. The Morgan fingerprint density at radius 1 is 1.35 bits per heavy atom. The predicted molar refractivity (Wildman–Crippen MR) is 77.9 cm³/mol. The van der Waals surface area contributed by atoms with Gasteiger partial charge in [0.15, 0.2) is 5.03 Å². The van der Waals surface area contributed by atoms with Crippen molar-refractivity contribution in [3.8, 4) is 0 Å². The molecule has 0 unspecified atom stereocenters. The van der Waals surface area contributed by atoms with Crippen LogP contribution in [0.5, 0.6) is 0 Å². The fourth-order valence-electron chi connectivity index (χ4n) is 1.90. The smallest absolute Gasteiger partial charge is 0.259 e. The Morgan fingerprint density at radius 3 is 2.70 bits per heavy atom. The molecule has 1 aliphatic rings. The number of nitrogens with zero attached hydrogens (tertiary/aromatic N) is 2. The van der Waals surface area contributed by atoms with Crippen LogP contribution in [-0.4, -0.2) is 29.9 Å². The van der Waals surface area contributed by atoms with E-state index in [4.69, 9.17) is 0 Å². The first kappa shape index (κ1) is 14.9. The maximum atomic E-state index is 12.4. The molecule has 0 atom stereocenters. The largest absolute Gasteiger partial charge is 0.265 e. The number of hydrogen-bond donors (Lipinski definition) is 0. The van der Waals surface area contributed by atoms with Crippen molar-refractivity contribution in [2.45, 2.75) is 12.2 Å². The van der Waals surface area contributed by atoms with Gasteiger partial charge in [-0.3, -0.25) is 14.4 Å². The number of benzene rings is 1. The molecule has 0 aromatic heterocycles. The molecule has 20 heavy (non-hydrogen) atoms. The molecule has 1 heterocycles. The van der Waals surface area contributed by atoms with Crippen LogP contribution in [0.1, 0.15) is 12.0 Å². The van der Waals surface area contributed by atoms with E-state index in [1.165, 1.54) is 11.8 Å². The van der Waals surface area contributed by atoms with E-state index in [-0.39, 0.29) is 10.8 Å². The molecule has 1 aromatic carbocycles. The molecule has 1 aromatic rings. The SMILES string of the molecule is O=[N+]([O-])C=C1SCCCN1S(=O)(=O)Cc1ccccc1. The zero-order chi connectivity index (χ0) is 14.6. The van der Waals surface area contributed by atoms with Crippen LogP contribution in [0, 0.1) is 10.1 Å². The molecule has 0 radical (unpaired) electrons. The van der Waals surface area contributed by atoms with Gasteiger partial charge >= 0.3 is 0 Å². The zero-order valence-electron chi connectivity index (χ0n) is 10.6. The second-order valence-electron chi connectivity index (χ2n) is 4.27. The summed E-state index contributed by atoms with van der Waals surface area (Å²) < 4.78 is 25.9. The van der Waals surface area contributed by atoms with Crippen LogP contribution in [-0.2, 0) is 15.8 Å². The van der Waals surface area contributed by atoms with Crippen molar-refractivity contribution in [1.29, 1.82) is 0 Å². The highest BCUT2D eigenvalue weighted by atomic mass is 32.2. The molecule has 0 N–H and O–H groups in total. The maximum absolute atomic E-state index is 12.4. The van der Waals surface area contributed by atoms with Crippen LogP contribution in [0.25, 0.3) is 0 Å². The van der Waals surface area contributed by atoms with Gasteiger partial charge in [-0.1, -0.05) is 30.3 Å². The van der Waals surface area contributed by atoms with E-state index in [2.05, 4.69) is 0 Å². The van der Waals surface area contributed by atoms with E-state index in [0.717, 1.165) is 10.5 Å². The molecule has 1 fully saturated rings. The van der Waals surface area contributed by atoms with Crippen molar-refractivity contribution in [2.75, 3.05) is 12.3 Å². The summed E-state index contributed by atoms with van der Waals surface area (Å²) in [6.07, 6.45) is 1.46. The summed E-state index contributed by atoms with van der Waals surface area (Å²) in [4.78, 5) is 9.98. The summed E-state index contributed by atoms with van der Waals surface area (Å²) in [7, 11) is -3.59. The standard InChI is InChI=1S/C12H14N2O4S2/c15-14(16)9-12-13(7-4-8-19-12)20(17,18)10-11-5-2-1-3-6-11/h1-3,5-6,9H,4,7-8,10H2. The molecule has 6 nitrogen and oxygen atoms in total. The first-order chi connectivity index (χ1) is 9.49. The average molecular weight is 314 g/mol. The topological polar surface area (TPSA) is 80.5 Å². The highest BCUT2D eigenvalue weighted by Gasteiger charge is 2.29. The third-order valence-electron chi connectivity index (χ3n) is 2.74. The second-order valence-corrected chi connectivity index (χ2v) is 7.28. The molecule has 0 saturated carbocycles. The van der Waals surface area contributed by atoms with Crippen molar-refractivity contribution >= 4 is 21.8 Å². The van der Waals surface area contributed by atoms with E-state index < -0.39 is 14.9 Å². The van der Waals surface area contributed by atoms with E-state index in [1.54, 1.807) is 24.3 Å². The third kappa shape index (κ3) is 3.73. The molecule has 0 bridgehead atoms. The lowest BCUT2D eigenvalue weighted by atomic mass is 10.2. The van der Waals surface area contributed by atoms with Crippen molar-refractivity contribution < 1.29 is 13.3 Å². The van der Waals surface area contributed by atoms with E-state index in [1.807, 2.05) is 6.07 Å². The molecule has 0 amide bonds. The van der Waals surface area contributed by atoms with E-state index in [9.17, 15) is 18.5 Å². The summed E-state index contributed by atoms with van der Waals surface area (Å²) in [6, 6.07) is 8.80. The van der Waals surface area contributed by atoms with E-state index in [0.29, 0.717) is 24.3 Å². The average Bonchev–Trinajstić information content (AvgIpc) is 2.39. The lowest BCUT2D eigenvalue weighted by molar-refractivity contribution is -0.403. The first-order valence-electron chi connectivity index (χ1n) is 6.01. The number of rotatable bonds is 4. The van der Waals surface area contributed by atoms with Gasteiger partial charge < -0.3 is 0 Å². The summed E-state index contributed by atoms with van der Waals surface area (Å²) in [5.74, 6) is 0.542. The van der Waals surface area contributed by atoms with Crippen LogP contribution >= 0.6 is 11.8 Å². The van der Waals surface area contributed by atoms with Crippen LogP contribution in [0.2, 0.25) is 0 Å². The highest BCUT2D eigenvalue weighted by molar-refractivity contribution is 8.03. The van der Waals surface area contributed by atoms with Gasteiger partial charge in [0.25, 0.3) is 6.20 Å². The van der Waals surface area contributed by atoms with Crippen molar-refractivity contribution in [3.63, 3.8) is 0 Å². The van der Waals surface area contributed by atoms with Gasteiger partial charge in [-0.15, -0.1) is 11.8 Å². The summed E-state index contributed by atoms with van der Waals surface area (Å²) in [6.45, 7) is 0.293. The fourth-order valence-corrected chi connectivity index (χ4v) is 4.77. The first-order valence-corrected chi connectivity index (χ1v) is 8.61. The molecule has 0 spiro atoms. The molecular formula is C12H14N2O4S2. The Balaban J connectivity index is 2.24. The Hall–Kier alpha value is -1.54. The normalized spacial score (nSPS) is 18.2. The van der Waals surface area contributed by atoms with E-state index >= 15 is 0 Å². The van der Waals surface area contributed by atoms with Crippen molar-refractivity contribution in [3.05, 3.63) is 57.2 Å². The lowest BCUT2D eigenvalue weighted by Crippen LogP contribution is -2.34. The lowest BCUT2D eigenvalue weighted by Gasteiger charge is -2.28. The van der Waals surface area contributed by atoms with Crippen molar-refractivity contribution in [1.82, 2.24) is 4.31 Å². The van der Waals surface area contributed by atoms with Crippen LogP contribution in [0.15, 0.2) is 41.6 Å². The number of nitro groups is 1. The van der Waals surface area contributed by atoms with Gasteiger partial charge in [0, 0.05) is 12.3 Å². The maximum Gasteiger partial charge on any atom is 0.265 e. The minimum Gasteiger partial charge on any atom is -0.259 e. The van der Waals surface area contributed by atoms with Crippen LogP contribution < -0.4 is 0 Å². The minimum absolute atomic E-state index is 0.149. The molecule has 1 aliphatic heterocycles. The van der Waals surface area contributed by atoms with Gasteiger partial charge in [0.2, 0.25) is 10.0 Å². The van der Waals surface area contributed by atoms with Gasteiger partial charge in [-0.25, -0.2) is 8.42 Å². The van der Waals surface area contributed by atoms with Gasteiger partial charge in [-0.2, -0.15) is 0 Å². The van der Waals surface area contributed by atoms with Crippen molar-refractivity contribution in [2.24, 2.45) is 0 Å². The second kappa shape index (κ2) is 6.27. The number of hydrogen-bond acceptors (Lipinski definition) is 5. The Bertz CT molecular complexity index is 614. The van der Waals surface area contributed by atoms with Gasteiger partial charge in [0.05, 0.1) is 10.7 Å². The summed E-state index contributed by atoms with van der Waals surface area (Å²) in [5, 5.41) is 10.8. The molecule has 1 saturated heterocycles. The van der Waals surface area contributed by atoms with Crippen LogP contribution in [0.4, 0.5) is 0 Å². The minimum atomic E-state index is -3.59. The van der Waals surface area contributed by atoms with Gasteiger partial charge in [0.1, 0.15) is 0 Å². The quantitative estimate of drug-likeness (QED) is 0.627. The molecule has 8 heteroatoms. The Morgan fingerprint density at radius 2 is 2.05 bits per heavy atom. The fraction of sp³-hybridized carbons (Fsp3) is 0.333. The predicted octanol–water partition coefficient (Wildman–Crippen LogP) is 2.03. The molecule has 108 valence electrons. The number of thioether (sulfide) groups is 1. The Kier molecular flexibility index (Phi) is 4.66. The summed E-state index contributed by atoms with van der Waals surface area (Å²) in [5.41, 5.74) is 0.670. The molecule has 0 aliphatic carbocycles. The summed E-state index contributed by atoms with van der Waals surface area (Å²) >= 11 is 1.20. The third-order valence-corrected chi connectivity index (χ3v) is 5.72. The molecule has 2 rings (SSSR count). The Labute approximate surface area is 121 Å². The molecular weight excluding hydrogens is 300 g/mol.